The number of nitrogens with zero attached hydrogens (tertiary/aromatic N) is 1. The minimum atomic E-state index is -0.444. The number of carbonyl (C=O) groups is 1. The van der Waals surface area contributed by atoms with E-state index in [2.05, 4.69) is 4.99 Å². The Labute approximate surface area is 124 Å². The van der Waals surface area contributed by atoms with Crippen LogP contribution in [0.5, 0.6) is 5.75 Å². The Bertz CT molecular complexity index is 706. The molecule has 0 aromatic heterocycles. The molecule has 0 saturated carbocycles. The Morgan fingerprint density at radius 1 is 1.14 bits per heavy atom. The molecule has 0 atom stereocenters. The summed E-state index contributed by atoms with van der Waals surface area (Å²) < 4.78 is 5.43. The van der Waals surface area contributed by atoms with Crippen molar-refractivity contribution in [3.63, 3.8) is 0 Å². The predicted octanol–water partition coefficient (Wildman–Crippen LogP) is 2.90. The Hall–Kier alpha value is -2.62. The summed E-state index contributed by atoms with van der Waals surface area (Å²) in [4.78, 5) is 15.7. The average Bonchev–Trinajstić information content (AvgIpc) is 2.53. The van der Waals surface area contributed by atoms with E-state index in [0.29, 0.717) is 5.56 Å². The van der Waals surface area contributed by atoms with Crippen LogP contribution in [0, 0.1) is 0 Å². The highest BCUT2D eigenvalue weighted by Crippen LogP contribution is 2.29. The van der Waals surface area contributed by atoms with Crippen LogP contribution in [0.15, 0.2) is 47.5 Å². The molecule has 0 spiro atoms. The molecule has 2 rings (SSSR count). The second-order valence-electron chi connectivity index (χ2n) is 4.63. The minimum Gasteiger partial charge on any atom is -0.496 e. The van der Waals surface area contributed by atoms with Crippen molar-refractivity contribution in [1.82, 2.24) is 0 Å². The SMILES string of the molecule is CN=C(C)c1ccc(-c2ccccc2C(N)=O)cc1OC. The van der Waals surface area contributed by atoms with Crippen LogP contribution < -0.4 is 10.5 Å². The monoisotopic (exact) mass is 282 g/mol. The number of hydrogen-bond acceptors (Lipinski definition) is 3. The smallest absolute Gasteiger partial charge is 0.249 e. The summed E-state index contributed by atoms with van der Waals surface area (Å²) in [5.74, 6) is 0.273. The van der Waals surface area contributed by atoms with Crippen LogP contribution in [0.3, 0.4) is 0 Å². The number of primary amides is 1. The maximum absolute atomic E-state index is 11.5. The van der Waals surface area contributed by atoms with Crippen molar-refractivity contribution in [2.45, 2.75) is 6.92 Å². The fourth-order valence-electron chi connectivity index (χ4n) is 2.23. The number of amides is 1. The molecule has 2 aromatic rings. The molecule has 0 aliphatic heterocycles. The van der Waals surface area contributed by atoms with E-state index in [1.54, 1.807) is 26.3 Å². The molecule has 2 N–H and O–H groups in total. The number of benzene rings is 2. The molecular formula is C17H18N2O2. The average molecular weight is 282 g/mol. The topological polar surface area (TPSA) is 64.7 Å². The zero-order valence-corrected chi connectivity index (χ0v) is 12.4. The van der Waals surface area contributed by atoms with Crippen molar-refractivity contribution in [2.24, 2.45) is 10.7 Å². The summed E-state index contributed by atoms with van der Waals surface area (Å²) in [6.07, 6.45) is 0. The molecule has 4 nitrogen and oxygen atoms in total. The standard InChI is InChI=1S/C17H18N2O2/c1-11(19-2)13-9-8-12(10-16(13)21-3)14-6-4-5-7-15(14)17(18)20/h4-10H,1-3H3,(H2,18,20). The van der Waals surface area contributed by atoms with E-state index < -0.39 is 5.91 Å². The van der Waals surface area contributed by atoms with Gasteiger partial charge in [-0.3, -0.25) is 9.79 Å². The number of rotatable bonds is 4. The second-order valence-corrected chi connectivity index (χ2v) is 4.63. The van der Waals surface area contributed by atoms with Crippen LogP contribution in [0.1, 0.15) is 22.8 Å². The Morgan fingerprint density at radius 3 is 2.48 bits per heavy atom. The number of methoxy groups -OCH3 is 1. The van der Waals surface area contributed by atoms with Gasteiger partial charge in [-0.05, 0) is 36.2 Å². The van der Waals surface area contributed by atoms with Crippen LogP contribution in [-0.4, -0.2) is 25.8 Å². The van der Waals surface area contributed by atoms with Crippen molar-refractivity contribution in [3.05, 3.63) is 53.6 Å². The molecule has 4 heteroatoms. The third-order valence-electron chi connectivity index (χ3n) is 3.43. The van der Waals surface area contributed by atoms with Gasteiger partial charge in [-0.25, -0.2) is 0 Å². The number of hydrogen-bond donors (Lipinski definition) is 1. The van der Waals surface area contributed by atoms with Crippen LogP contribution in [0.4, 0.5) is 0 Å². The molecular weight excluding hydrogens is 264 g/mol. The van der Waals surface area contributed by atoms with E-state index in [-0.39, 0.29) is 0 Å². The molecule has 0 radical (unpaired) electrons. The van der Waals surface area contributed by atoms with Crippen molar-refractivity contribution >= 4 is 11.6 Å². The molecule has 108 valence electrons. The van der Waals surface area contributed by atoms with E-state index in [4.69, 9.17) is 10.5 Å². The summed E-state index contributed by atoms with van der Waals surface area (Å²) in [5, 5.41) is 0. The quantitative estimate of drug-likeness (QED) is 0.876. The van der Waals surface area contributed by atoms with Gasteiger partial charge in [0, 0.05) is 23.9 Å². The van der Waals surface area contributed by atoms with Crippen molar-refractivity contribution in [3.8, 4) is 16.9 Å². The van der Waals surface area contributed by atoms with Gasteiger partial charge in [-0.15, -0.1) is 0 Å². The van der Waals surface area contributed by atoms with Crippen LogP contribution in [0.25, 0.3) is 11.1 Å². The third kappa shape index (κ3) is 2.94. The zero-order valence-electron chi connectivity index (χ0n) is 12.4. The minimum absolute atomic E-state index is 0.444. The van der Waals surface area contributed by atoms with Crippen molar-refractivity contribution in [2.75, 3.05) is 14.2 Å². The first kappa shape index (κ1) is 14.8. The Morgan fingerprint density at radius 2 is 1.86 bits per heavy atom. The molecule has 21 heavy (non-hydrogen) atoms. The highest BCUT2D eigenvalue weighted by molar-refractivity contribution is 6.03. The molecule has 1 amide bonds. The van der Waals surface area contributed by atoms with Gasteiger partial charge in [0.15, 0.2) is 0 Å². The molecule has 0 bridgehead atoms. The summed E-state index contributed by atoms with van der Waals surface area (Å²) >= 11 is 0. The molecule has 0 aliphatic carbocycles. The molecule has 2 aromatic carbocycles. The van der Waals surface area contributed by atoms with Crippen LogP contribution in [-0.2, 0) is 0 Å². The lowest BCUT2D eigenvalue weighted by molar-refractivity contribution is 0.100. The van der Waals surface area contributed by atoms with E-state index in [1.165, 1.54) is 0 Å². The fraction of sp³-hybridized carbons (Fsp3) is 0.176. The van der Waals surface area contributed by atoms with Crippen molar-refractivity contribution < 1.29 is 9.53 Å². The first-order valence-corrected chi connectivity index (χ1v) is 6.59. The first-order valence-electron chi connectivity index (χ1n) is 6.59. The fourth-order valence-corrected chi connectivity index (χ4v) is 2.23. The lowest BCUT2D eigenvalue weighted by Crippen LogP contribution is -2.12. The second kappa shape index (κ2) is 6.22. The highest BCUT2D eigenvalue weighted by Gasteiger charge is 2.12. The molecule has 0 fully saturated rings. The van der Waals surface area contributed by atoms with Crippen molar-refractivity contribution in [1.29, 1.82) is 0 Å². The lowest BCUT2D eigenvalue weighted by Gasteiger charge is -2.12. The number of aliphatic imine (C=N–C) groups is 1. The maximum atomic E-state index is 11.5. The zero-order chi connectivity index (χ0) is 15.4. The van der Waals surface area contributed by atoms with Crippen LogP contribution >= 0.6 is 0 Å². The Balaban J connectivity index is 2.59. The number of carbonyl (C=O) groups excluding carboxylic acids is 1. The number of ether oxygens (including phenoxy) is 1. The van der Waals surface area contributed by atoms with Gasteiger partial charge < -0.3 is 10.5 Å². The van der Waals surface area contributed by atoms with Gasteiger partial charge >= 0.3 is 0 Å². The molecule has 0 saturated heterocycles. The van der Waals surface area contributed by atoms with E-state index in [1.807, 2.05) is 37.3 Å². The largest absolute Gasteiger partial charge is 0.496 e. The van der Waals surface area contributed by atoms with Gasteiger partial charge in [-0.2, -0.15) is 0 Å². The maximum Gasteiger partial charge on any atom is 0.249 e. The van der Waals surface area contributed by atoms with E-state index in [0.717, 1.165) is 28.2 Å². The summed E-state index contributed by atoms with van der Waals surface area (Å²) in [7, 11) is 3.36. The summed E-state index contributed by atoms with van der Waals surface area (Å²) in [5.41, 5.74) is 9.42. The van der Waals surface area contributed by atoms with E-state index >= 15 is 0 Å². The van der Waals surface area contributed by atoms with Gasteiger partial charge in [0.1, 0.15) is 5.75 Å². The summed E-state index contributed by atoms with van der Waals surface area (Å²) in [6, 6.07) is 13.0. The predicted molar refractivity (Wildman–Crippen MR) is 85.1 cm³/mol. The summed E-state index contributed by atoms with van der Waals surface area (Å²) in [6.45, 7) is 1.93. The first-order chi connectivity index (χ1) is 10.1. The lowest BCUT2D eigenvalue weighted by atomic mass is 9.97. The van der Waals surface area contributed by atoms with Gasteiger partial charge in [0.25, 0.3) is 0 Å². The van der Waals surface area contributed by atoms with Crippen LogP contribution in [0.2, 0.25) is 0 Å². The number of nitrogens with two attached hydrogens (primary N) is 1. The van der Waals surface area contributed by atoms with E-state index in [9.17, 15) is 4.79 Å². The third-order valence-corrected chi connectivity index (χ3v) is 3.43. The molecule has 0 heterocycles. The Kier molecular flexibility index (Phi) is 4.38. The molecule has 0 unspecified atom stereocenters. The highest BCUT2D eigenvalue weighted by atomic mass is 16.5. The van der Waals surface area contributed by atoms with Gasteiger partial charge in [0.05, 0.1) is 7.11 Å². The van der Waals surface area contributed by atoms with Gasteiger partial charge in [0.2, 0.25) is 5.91 Å². The van der Waals surface area contributed by atoms with Gasteiger partial charge in [-0.1, -0.05) is 24.3 Å². The normalized spacial score (nSPS) is 11.3. The molecule has 0 aliphatic rings.